The summed E-state index contributed by atoms with van der Waals surface area (Å²) >= 11 is 0. The number of para-hydroxylation sites is 6. The number of benzene rings is 6. The third kappa shape index (κ3) is 7.80. The summed E-state index contributed by atoms with van der Waals surface area (Å²) in [5, 5.41) is 0. The molecule has 6 aromatic rings. The molecule has 2 unspecified atom stereocenters. The zero-order valence-electron chi connectivity index (χ0n) is 25.5. The molecule has 7 rings (SSSR count). The molecule has 0 aromatic heterocycles. The predicted octanol–water partition coefficient (Wildman–Crippen LogP) is 11.3. The first-order chi connectivity index (χ1) is 23.7. The number of hydrogen-bond acceptors (Lipinski definition) is 9. The first-order valence-corrected chi connectivity index (χ1v) is 18.8. The van der Waals surface area contributed by atoms with E-state index in [1.165, 1.54) is 0 Å². The van der Waals surface area contributed by atoms with E-state index in [0.717, 1.165) is 0 Å². The summed E-state index contributed by atoms with van der Waals surface area (Å²) in [5.41, 5.74) is 0. The molecule has 0 N–H and O–H groups in total. The van der Waals surface area contributed by atoms with Crippen LogP contribution in [0, 0.1) is 0 Å². The molecule has 0 amide bonds. The molecule has 9 nitrogen and oxygen atoms in total. The Balaban J connectivity index is 1.46. The van der Waals surface area contributed by atoms with Crippen LogP contribution < -0.4 is 27.8 Å². The second-order valence-electron chi connectivity index (χ2n) is 10.0. The summed E-state index contributed by atoms with van der Waals surface area (Å²) < 4.78 is 35.7. The van der Waals surface area contributed by atoms with Gasteiger partial charge in [0.25, 0.3) is 0 Å². The van der Waals surface area contributed by atoms with Gasteiger partial charge in [0.2, 0.25) is 0 Å². The normalized spacial score (nSPS) is 17.3. The van der Waals surface area contributed by atoms with E-state index in [9.17, 15) is 0 Å². The van der Waals surface area contributed by atoms with Crippen molar-refractivity contribution in [1.29, 1.82) is 0 Å². The molecule has 0 spiro atoms. The van der Waals surface area contributed by atoms with Crippen molar-refractivity contribution in [2.45, 2.75) is 0 Å². The third-order valence-corrected chi connectivity index (χ3v) is 13.4. The van der Waals surface area contributed by atoms with Gasteiger partial charge >= 0.3 is 24.6 Å². The van der Waals surface area contributed by atoms with Crippen molar-refractivity contribution in [2.24, 2.45) is 4.52 Å². The molecule has 48 heavy (non-hydrogen) atoms. The molecule has 1 aliphatic heterocycles. The van der Waals surface area contributed by atoms with E-state index in [-0.39, 0.29) is 0 Å². The fourth-order valence-electron chi connectivity index (χ4n) is 4.34. The van der Waals surface area contributed by atoms with Gasteiger partial charge in [0.05, 0.1) is 0 Å². The Morgan fingerprint density at radius 2 is 0.750 bits per heavy atom. The fourth-order valence-corrected chi connectivity index (χ4v) is 11.8. The van der Waals surface area contributed by atoms with Crippen LogP contribution in [0.1, 0.15) is 0 Å². The van der Waals surface area contributed by atoms with Crippen LogP contribution in [0.2, 0.25) is 0 Å². The first-order valence-electron chi connectivity index (χ1n) is 15.0. The number of rotatable bonds is 12. The lowest BCUT2D eigenvalue weighted by molar-refractivity contribution is 0.0545. The van der Waals surface area contributed by atoms with Crippen LogP contribution >= 0.6 is 24.6 Å². The SMILES string of the molecule is c1ccc(ON2P(Oc3ccccc3)N=P(Oc3ccccc3)(Oc3ccccc3)N(Oc3ccccc3)P2Oc2ccccc2)cc1. The first kappa shape index (κ1) is 31.7. The Labute approximate surface area is 281 Å². The van der Waals surface area contributed by atoms with Crippen molar-refractivity contribution >= 4 is 24.6 Å². The molecule has 0 saturated heterocycles. The van der Waals surface area contributed by atoms with Crippen LogP contribution in [-0.2, 0) is 0 Å². The van der Waals surface area contributed by atoms with E-state index in [1.54, 1.807) is 9.21 Å². The molecule has 0 bridgehead atoms. The van der Waals surface area contributed by atoms with Crippen LogP contribution in [-0.4, -0.2) is 9.21 Å². The zero-order valence-corrected chi connectivity index (χ0v) is 28.1. The predicted molar refractivity (Wildman–Crippen MR) is 189 cm³/mol. The Morgan fingerprint density at radius 1 is 0.396 bits per heavy atom. The molecule has 0 saturated carbocycles. The molecule has 240 valence electrons. The van der Waals surface area contributed by atoms with E-state index in [1.807, 2.05) is 182 Å². The highest BCUT2D eigenvalue weighted by atomic mass is 31.3. The minimum Gasteiger partial charge on any atom is -0.440 e. The van der Waals surface area contributed by atoms with Gasteiger partial charge in [-0.05, 0) is 72.8 Å². The second-order valence-corrected chi connectivity index (χ2v) is 15.5. The van der Waals surface area contributed by atoms with Gasteiger partial charge in [-0.2, -0.15) is 0 Å². The summed E-state index contributed by atoms with van der Waals surface area (Å²) in [6, 6.07) is 56.4. The minimum atomic E-state index is -3.72. The van der Waals surface area contributed by atoms with E-state index in [4.69, 9.17) is 32.3 Å². The Hall–Kier alpha value is -4.87. The van der Waals surface area contributed by atoms with Crippen molar-refractivity contribution in [3.8, 4) is 34.5 Å². The highest BCUT2D eigenvalue weighted by molar-refractivity contribution is 7.78. The molecule has 1 aliphatic rings. The Kier molecular flexibility index (Phi) is 10.1. The van der Waals surface area contributed by atoms with Gasteiger partial charge in [-0.25, -0.2) is 0 Å². The molecule has 0 aliphatic carbocycles. The van der Waals surface area contributed by atoms with E-state index < -0.39 is 24.6 Å². The van der Waals surface area contributed by atoms with Gasteiger partial charge in [-0.3, -0.25) is 0 Å². The lowest BCUT2D eigenvalue weighted by atomic mass is 10.3. The lowest BCUT2D eigenvalue weighted by Gasteiger charge is -2.43. The smallest absolute Gasteiger partial charge is 0.440 e. The highest BCUT2D eigenvalue weighted by Gasteiger charge is 2.58. The minimum absolute atomic E-state index is 0.518. The molecule has 12 heteroatoms. The van der Waals surface area contributed by atoms with Crippen molar-refractivity contribution in [2.75, 3.05) is 0 Å². The van der Waals surface area contributed by atoms with Crippen LogP contribution in [0.5, 0.6) is 34.5 Å². The molecule has 2 atom stereocenters. The van der Waals surface area contributed by atoms with Gasteiger partial charge in [-0.1, -0.05) is 109 Å². The van der Waals surface area contributed by atoms with E-state index >= 15 is 0 Å². The van der Waals surface area contributed by atoms with Crippen LogP contribution in [0.15, 0.2) is 187 Å². The van der Waals surface area contributed by atoms with E-state index in [0.29, 0.717) is 34.5 Å². The van der Waals surface area contributed by atoms with Crippen molar-refractivity contribution in [3.63, 3.8) is 0 Å². The molecule has 0 fully saturated rings. The summed E-state index contributed by atoms with van der Waals surface area (Å²) in [5.74, 6) is 3.27. The topological polar surface area (TPSA) is 74.2 Å². The van der Waals surface area contributed by atoms with Gasteiger partial charge in [0.1, 0.15) is 34.5 Å². The lowest BCUT2D eigenvalue weighted by Crippen LogP contribution is -2.37. The maximum Gasteiger partial charge on any atom is 0.447 e. The highest BCUT2D eigenvalue weighted by Crippen LogP contribution is 2.77. The molecule has 0 radical (unpaired) electrons. The molecular weight excluding hydrogens is 663 g/mol. The largest absolute Gasteiger partial charge is 0.447 e. The summed E-state index contributed by atoms with van der Waals surface area (Å²) in [6.07, 6.45) is 0. The summed E-state index contributed by atoms with van der Waals surface area (Å²) in [7, 11) is -7.86. The summed E-state index contributed by atoms with van der Waals surface area (Å²) in [6.45, 7) is 0. The quantitative estimate of drug-likeness (QED) is 0.117. The summed E-state index contributed by atoms with van der Waals surface area (Å²) in [4.78, 5) is 13.4. The van der Waals surface area contributed by atoms with Crippen LogP contribution in [0.4, 0.5) is 0 Å². The Bertz CT molecular complexity index is 1870. The maximum absolute atomic E-state index is 6.88. The average molecular weight is 694 g/mol. The monoisotopic (exact) mass is 693 g/mol. The third-order valence-electron chi connectivity index (χ3n) is 6.50. The molecule has 1 heterocycles. The molecule has 6 aromatic carbocycles. The van der Waals surface area contributed by atoms with Crippen molar-refractivity contribution in [1.82, 2.24) is 9.21 Å². The number of nitrogens with zero attached hydrogens (tertiary/aromatic N) is 3. The van der Waals surface area contributed by atoms with Crippen LogP contribution in [0.25, 0.3) is 0 Å². The average Bonchev–Trinajstić information content (AvgIpc) is 3.14. The maximum atomic E-state index is 6.88. The zero-order chi connectivity index (χ0) is 32.4. The Morgan fingerprint density at radius 3 is 1.19 bits per heavy atom. The van der Waals surface area contributed by atoms with Crippen molar-refractivity contribution in [3.05, 3.63) is 182 Å². The number of hydrogen-bond donors (Lipinski definition) is 0. The van der Waals surface area contributed by atoms with Gasteiger partial charge in [0.15, 0.2) is 0 Å². The fraction of sp³-hybridized carbons (Fsp3) is 0. The standard InChI is InChI=1S/C36H30N3O6P3/c1-7-19-31(20-8-1)40-38-46(42-33-23-11-3-12-24-33)37-48(44-35-27-15-5-16-28-35,45-36-29-17-6-18-30-36)39(41-32-21-9-2-10-22-32)47(38)43-34-25-13-4-14-26-34/h1-30H. The molecular formula is C36H30N3O6P3. The van der Waals surface area contributed by atoms with Gasteiger partial charge in [0, 0.05) is 9.21 Å². The van der Waals surface area contributed by atoms with Crippen LogP contribution in [0.3, 0.4) is 0 Å². The second kappa shape index (κ2) is 15.4. The van der Waals surface area contributed by atoms with Gasteiger partial charge in [-0.15, -0.1) is 4.52 Å². The van der Waals surface area contributed by atoms with Crippen molar-refractivity contribution < 1.29 is 27.8 Å². The van der Waals surface area contributed by atoms with E-state index in [2.05, 4.69) is 0 Å². The van der Waals surface area contributed by atoms with Gasteiger partial charge < -0.3 is 27.8 Å².